The maximum atomic E-state index is 4.05. The number of imidazole rings is 1. The van der Waals surface area contributed by atoms with Gasteiger partial charge in [0.15, 0.2) is 0 Å². The third kappa shape index (κ3) is 2.69. The van der Waals surface area contributed by atoms with Crippen LogP contribution in [0.15, 0.2) is 49.1 Å². The van der Waals surface area contributed by atoms with Crippen molar-refractivity contribution in [3.63, 3.8) is 0 Å². The van der Waals surface area contributed by atoms with E-state index in [1.807, 2.05) is 24.8 Å². The molecule has 1 aromatic heterocycles. The highest BCUT2D eigenvalue weighted by atomic mass is 79.9. The van der Waals surface area contributed by atoms with E-state index in [1.165, 1.54) is 5.56 Å². The molecule has 2 nitrogen and oxygen atoms in total. The number of rotatable bonds is 4. The summed E-state index contributed by atoms with van der Waals surface area (Å²) in [6, 6.07) is 10.6. The Morgan fingerprint density at radius 3 is 2.67 bits per heavy atom. The summed E-state index contributed by atoms with van der Waals surface area (Å²) in [5.41, 5.74) is 1.36. The van der Waals surface area contributed by atoms with Gasteiger partial charge in [0.25, 0.3) is 0 Å². The average Bonchev–Trinajstić information content (AvgIpc) is 2.80. The third-order valence-electron chi connectivity index (χ3n) is 2.45. The van der Waals surface area contributed by atoms with E-state index in [0.717, 1.165) is 11.9 Å². The largest absolute Gasteiger partial charge is 0.337 e. The van der Waals surface area contributed by atoms with Crippen molar-refractivity contribution in [3.05, 3.63) is 54.6 Å². The molecule has 0 saturated carbocycles. The Morgan fingerprint density at radius 1 is 1.27 bits per heavy atom. The monoisotopic (exact) mass is 264 g/mol. The van der Waals surface area contributed by atoms with Crippen LogP contribution in [0.25, 0.3) is 0 Å². The Balaban J connectivity index is 2.12. The van der Waals surface area contributed by atoms with Crippen molar-refractivity contribution in [2.45, 2.75) is 12.5 Å². The molecule has 0 amide bonds. The zero-order valence-corrected chi connectivity index (χ0v) is 9.97. The van der Waals surface area contributed by atoms with E-state index in [9.17, 15) is 0 Å². The second-order valence-corrected chi connectivity index (χ2v) is 4.17. The topological polar surface area (TPSA) is 17.8 Å². The summed E-state index contributed by atoms with van der Waals surface area (Å²) >= 11 is 3.56. The average molecular weight is 265 g/mol. The van der Waals surface area contributed by atoms with Gasteiger partial charge in [0, 0.05) is 30.2 Å². The van der Waals surface area contributed by atoms with Crippen molar-refractivity contribution in [3.8, 4) is 0 Å². The van der Waals surface area contributed by atoms with Gasteiger partial charge in [-0.3, -0.25) is 0 Å². The first-order chi connectivity index (χ1) is 7.40. The van der Waals surface area contributed by atoms with Crippen molar-refractivity contribution in [2.24, 2.45) is 0 Å². The molecule has 1 aromatic carbocycles. The summed E-state index contributed by atoms with van der Waals surface area (Å²) in [4.78, 5) is 4.05. The Bertz CT molecular complexity index is 383. The minimum Gasteiger partial charge on any atom is -0.337 e. The first-order valence-electron chi connectivity index (χ1n) is 4.97. The lowest BCUT2D eigenvalue weighted by Gasteiger charge is -2.14. The van der Waals surface area contributed by atoms with Crippen molar-refractivity contribution in [1.82, 2.24) is 9.55 Å². The maximum absolute atomic E-state index is 4.05. The van der Waals surface area contributed by atoms with Gasteiger partial charge < -0.3 is 4.57 Å². The molecule has 0 saturated heterocycles. The van der Waals surface area contributed by atoms with Crippen LogP contribution in [-0.4, -0.2) is 14.9 Å². The Kier molecular flexibility index (Phi) is 3.56. The fourth-order valence-corrected chi connectivity index (χ4v) is 2.20. The summed E-state index contributed by atoms with van der Waals surface area (Å²) in [5, 5.41) is 0.967. The van der Waals surface area contributed by atoms with E-state index in [1.54, 1.807) is 0 Å². The van der Waals surface area contributed by atoms with Gasteiger partial charge in [0.1, 0.15) is 0 Å². The van der Waals surface area contributed by atoms with Gasteiger partial charge in [-0.25, -0.2) is 4.98 Å². The summed E-state index contributed by atoms with van der Waals surface area (Å²) in [6.07, 6.45) is 5.67. The van der Waals surface area contributed by atoms with Gasteiger partial charge in [-0.15, -0.1) is 0 Å². The van der Waals surface area contributed by atoms with Crippen LogP contribution in [0.1, 0.15) is 11.5 Å². The van der Waals surface area contributed by atoms with Gasteiger partial charge in [-0.1, -0.05) is 46.3 Å². The quantitative estimate of drug-likeness (QED) is 0.777. The van der Waals surface area contributed by atoms with Crippen LogP contribution < -0.4 is 0 Å². The van der Waals surface area contributed by atoms with Crippen LogP contribution in [0, 0.1) is 0 Å². The molecule has 0 spiro atoms. The summed E-state index contributed by atoms with van der Waals surface area (Å²) in [7, 11) is 0. The van der Waals surface area contributed by atoms with Crippen LogP contribution in [0.2, 0.25) is 0 Å². The van der Waals surface area contributed by atoms with Gasteiger partial charge in [-0.05, 0) is 5.56 Å². The highest BCUT2D eigenvalue weighted by Gasteiger charge is 2.09. The predicted molar refractivity (Wildman–Crippen MR) is 65.2 cm³/mol. The molecule has 0 aliphatic carbocycles. The van der Waals surface area contributed by atoms with Gasteiger partial charge in [0.05, 0.1) is 6.33 Å². The SMILES string of the molecule is BrCC(Cn1ccnc1)c1ccccc1. The molecule has 2 rings (SSSR count). The van der Waals surface area contributed by atoms with Gasteiger partial charge in [-0.2, -0.15) is 0 Å². The lowest BCUT2D eigenvalue weighted by atomic mass is 10.0. The van der Waals surface area contributed by atoms with Crippen molar-refractivity contribution in [2.75, 3.05) is 5.33 Å². The Morgan fingerprint density at radius 2 is 2.07 bits per heavy atom. The number of hydrogen-bond acceptors (Lipinski definition) is 1. The molecular formula is C12H13BrN2. The number of alkyl halides is 1. The lowest BCUT2D eigenvalue weighted by Crippen LogP contribution is -2.09. The van der Waals surface area contributed by atoms with Gasteiger partial charge >= 0.3 is 0 Å². The molecule has 0 aliphatic rings. The molecule has 2 aromatic rings. The number of hydrogen-bond donors (Lipinski definition) is 0. The second kappa shape index (κ2) is 5.12. The molecule has 0 N–H and O–H groups in total. The number of aromatic nitrogens is 2. The lowest BCUT2D eigenvalue weighted by molar-refractivity contribution is 0.606. The minimum atomic E-state index is 0.500. The van der Waals surface area contributed by atoms with Crippen molar-refractivity contribution in [1.29, 1.82) is 0 Å². The predicted octanol–water partition coefficient (Wildman–Crippen LogP) is 3.06. The summed E-state index contributed by atoms with van der Waals surface area (Å²) < 4.78 is 2.11. The smallest absolute Gasteiger partial charge is 0.0946 e. The Labute approximate surface area is 98.1 Å². The van der Waals surface area contributed by atoms with Gasteiger partial charge in [0.2, 0.25) is 0 Å². The van der Waals surface area contributed by atoms with E-state index >= 15 is 0 Å². The standard InChI is InChI=1S/C12H13BrN2/c13-8-12(9-15-7-6-14-10-15)11-4-2-1-3-5-11/h1-7,10,12H,8-9H2. The third-order valence-corrected chi connectivity index (χ3v) is 3.23. The summed E-state index contributed by atoms with van der Waals surface area (Å²) in [6.45, 7) is 0.968. The number of halogens is 1. The van der Waals surface area contributed by atoms with E-state index in [-0.39, 0.29) is 0 Å². The molecule has 0 bridgehead atoms. The fourth-order valence-electron chi connectivity index (χ4n) is 1.62. The molecule has 1 unspecified atom stereocenters. The fraction of sp³-hybridized carbons (Fsp3) is 0.250. The zero-order chi connectivity index (χ0) is 10.5. The van der Waals surface area contributed by atoms with Crippen LogP contribution in [0.5, 0.6) is 0 Å². The molecule has 0 aliphatic heterocycles. The minimum absolute atomic E-state index is 0.500. The zero-order valence-electron chi connectivity index (χ0n) is 8.38. The molecule has 78 valence electrons. The molecule has 1 atom stereocenters. The van der Waals surface area contributed by atoms with E-state index in [2.05, 4.69) is 49.7 Å². The summed E-state index contributed by atoms with van der Waals surface area (Å²) in [5.74, 6) is 0.500. The molecule has 15 heavy (non-hydrogen) atoms. The van der Waals surface area contributed by atoms with Crippen molar-refractivity contribution >= 4 is 15.9 Å². The van der Waals surface area contributed by atoms with Crippen LogP contribution in [-0.2, 0) is 6.54 Å². The van der Waals surface area contributed by atoms with Crippen LogP contribution in [0.3, 0.4) is 0 Å². The first kappa shape index (κ1) is 10.4. The first-order valence-corrected chi connectivity index (χ1v) is 6.09. The highest BCUT2D eigenvalue weighted by molar-refractivity contribution is 9.09. The second-order valence-electron chi connectivity index (χ2n) is 3.52. The molecule has 0 radical (unpaired) electrons. The van der Waals surface area contributed by atoms with E-state index in [0.29, 0.717) is 5.92 Å². The van der Waals surface area contributed by atoms with Crippen molar-refractivity contribution < 1.29 is 0 Å². The van der Waals surface area contributed by atoms with Crippen LogP contribution >= 0.6 is 15.9 Å². The molecule has 0 fully saturated rings. The number of nitrogens with zero attached hydrogens (tertiary/aromatic N) is 2. The normalized spacial score (nSPS) is 12.6. The number of benzene rings is 1. The molecule has 1 heterocycles. The Hall–Kier alpha value is -1.09. The van der Waals surface area contributed by atoms with Crippen LogP contribution in [0.4, 0.5) is 0 Å². The van der Waals surface area contributed by atoms with E-state index in [4.69, 9.17) is 0 Å². The maximum Gasteiger partial charge on any atom is 0.0946 e. The molecular weight excluding hydrogens is 252 g/mol. The highest BCUT2D eigenvalue weighted by Crippen LogP contribution is 2.19. The van der Waals surface area contributed by atoms with E-state index < -0.39 is 0 Å². The molecule has 3 heteroatoms.